The molecule has 0 aliphatic heterocycles. The molecule has 2 nitrogen and oxygen atoms in total. The molecule has 0 radical (unpaired) electrons. The van der Waals surface area contributed by atoms with Crippen molar-refractivity contribution in [3.63, 3.8) is 0 Å². The highest BCUT2D eigenvalue weighted by Gasteiger charge is 2.48. The first kappa shape index (κ1) is 13.8. The van der Waals surface area contributed by atoms with Gasteiger partial charge in [0.2, 0.25) is 0 Å². The average Bonchev–Trinajstić information content (AvgIpc) is 2.14. The zero-order valence-electron chi connectivity index (χ0n) is 10.6. The molecule has 1 N–H and O–H groups in total. The highest BCUT2D eigenvalue weighted by Crippen LogP contribution is 2.42. The van der Waals surface area contributed by atoms with Crippen molar-refractivity contribution in [2.45, 2.75) is 52.7 Å². The van der Waals surface area contributed by atoms with Crippen molar-refractivity contribution in [1.29, 1.82) is 0 Å². The molecule has 96 valence electrons. The molecular formula is C12H23F2NO. The third kappa shape index (κ3) is 3.39. The number of hydrogen-bond donors (Lipinski definition) is 1. The third-order valence-electron chi connectivity index (χ3n) is 3.33. The summed E-state index contributed by atoms with van der Waals surface area (Å²) in [5, 5.41) is 2.90. The smallest absolute Gasteiger partial charge is 0.250 e. The van der Waals surface area contributed by atoms with Crippen molar-refractivity contribution >= 4 is 0 Å². The molecule has 0 aromatic carbocycles. The highest BCUT2D eigenvalue weighted by molar-refractivity contribution is 5.02. The van der Waals surface area contributed by atoms with E-state index < -0.39 is 6.43 Å². The van der Waals surface area contributed by atoms with Gasteiger partial charge < -0.3 is 10.1 Å². The van der Waals surface area contributed by atoms with Gasteiger partial charge in [0, 0.05) is 18.1 Å². The van der Waals surface area contributed by atoms with Gasteiger partial charge in [0.25, 0.3) is 6.43 Å². The van der Waals surface area contributed by atoms with Crippen LogP contribution in [0.25, 0.3) is 0 Å². The van der Waals surface area contributed by atoms with Crippen LogP contribution in [0, 0.1) is 11.3 Å². The van der Waals surface area contributed by atoms with Gasteiger partial charge >= 0.3 is 0 Å². The van der Waals surface area contributed by atoms with Crippen LogP contribution in [0.4, 0.5) is 8.78 Å². The molecule has 0 saturated heterocycles. The monoisotopic (exact) mass is 235 g/mol. The molecule has 1 saturated carbocycles. The van der Waals surface area contributed by atoms with E-state index in [9.17, 15) is 8.78 Å². The molecule has 2 unspecified atom stereocenters. The molecule has 0 heterocycles. The van der Waals surface area contributed by atoms with Crippen LogP contribution >= 0.6 is 0 Å². The molecule has 2 atom stereocenters. The van der Waals surface area contributed by atoms with Gasteiger partial charge in [-0.15, -0.1) is 0 Å². The molecule has 1 aliphatic rings. The second kappa shape index (κ2) is 5.41. The van der Waals surface area contributed by atoms with Crippen LogP contribution in [0.3, 0.4) is 0 Å². The van der Waals surface area contributed by atoms with E-state index in [1.54, 1.807) is 0 Å². The van der Waals surface area contributed by atoms with Crippen molar-refractivity contribution in [2.75, 3.05) is 13.2 Å². The lowest BCUT2D eigenvalue weighted by Crippen LogP contribution is -2.61. The molecule has 16 heavy (non-hydrogen) atoms. The Morgan fingerprint density at radius 3 is 2.44 bits per heavy atom. The summed E-state index contributed by atoms with van der Waals surface area (Å²) in [7, 11) is 0. The Morgan fingerprint density at radius 2 is 2.00 bits per heavy atom. The van der Waals surface area contributed by atoms with Crippen LogP contribution in [-0.2, 0) is 4.74 Å². The maximum Gasteiger partial charge on any atom is 0.250 e. The summed E-state index contributed by atoms with van der Waals surface area (Å²) in [6.07, 6.45) is -1.23. The van der Waals surface area contributed by atoms with E-state index in [-0.39, 0.29) is 24.1 Å². The molecule has 1 fully saturated rings. The highest BCUT2D eigenvalue weighted by atomic mass is 19.3. The Kier molecular flexibility index (Phi) is 4.68. The molecule has 0 amide bonds. The minimum atomic E-state index is -2.27. The molecule has 4 heteroatoms. The first-order valence-electron chi connectivity index (χ1n) is 5.97. The topological polar surface area (TPSA) is 21.3 Å². The predicted molar refractivity (Wildman–Crippen MR) is 60.8 cm³/mol. The summed E-state index contributed by atoms with van der Waals surface area (Å²) in [5.74, 6) is 0.517. The maximum atomic E-state index is 12.1. The van der Waals surface area contributed by atoms with Crippen LogP contribution < -0.4 is 5.32 Å². The fourth-order valence-corrected chi connectivity index (χ4v) is 2.05. The van der Waals surface area contributed by atoms with Gasteiger partial charge in [0.1, 0.15) is 0 Å². The second-order valence-corrected chi connectivity index (χ2v) is 5.62. The quantitative estimate of drug-likeness (QED) is 0.764. The zero-order valence-corrected chi connectivity index (χ0v) is 10.6. The summed E-state index contributed by atoms with van der Waals surface area (Å²) < 4.78 is 29.9. The summed E-state index contributed by atoms with van der Waals surface area (Å²) in [6, 6.07) is 0.152. The van der Waals surface area contributed by atoms with E-state index in [1.807, 2.05) is 0 Å². The summed E-state index contributed by atoms with van der Waals surface area (Å²) in [5.41, 5.74) is -0.0379. The van der Waals surface area contributed by atoms with Crippen LogP contribution in [0.2, 0.25) is 0 Å². The van der Waals surface area contributed by atoms with Crippen molar-refractivity contribution in [1.82, 2.24) is 5.32 Å². The van der Waals surface area contributed by atoms with Gasteiger partial charge in [-0.05, 0) is 12.3 Å². The van der Waals surface area contributed by atoms with Crippen molar-refractivity contribution in [3.05, 3.63) is 0 Å². The lowest BCUT2D eigenvalue weighted by molar-refractivity contribution is -0.125. The summed E-state index contributed by atoms with van der Waals surface area (Å²) in [6.45, 7) is 8.90. The third-order valence-corrected chi connectivity index (χ3v) is 3.33. The van der Waals surface area contributed by atoms with Gasteiger partial charge in [-0.25, -0.2) is 8.78 Å². The van der Waals surface area contributed by atoms with Crippen molar-refractivity contribution in [2.24, 2.45) is 11.3 Å². The van der Waals surface area contributed by atoms with Gasteiger partial charge in [-0.3, -0.25) is 0 Å². The minimum absolute atomic E-state index is 0.0379. The van der Waals surface area contributed by atoms with Gasteiger partial charge in [-0.2, -0.15) is 0 Å². The van der Waals surface area contributed by atoms with Crippen LogP contribution in [0.15, 0.2) is 0 Å². The molecule has 0 bridgehead atoms. The van der Waals surface area contributed by atoms with Crippen molar-refractivity contribution in [3.8, 4) is 0 Å². The first-order valence-corrected chi connectivity index (χ1v) is 5.97. The van der Waals surface area contributed by atoms with Gasteiger partial charge in [-0.1, -0.05) is 27.7 Å². The van der Waals surface area contributed by atoms with E-state index in [0.29, 0.717) is 5.92 Å². The van der Waals surface area contributed by atoms with Gasteiger partial charge in [0.05, 0.1) is 12.6 Å². The lowest BCUT2D eigenvalue weighted by Gasteiger charge is -2.52. The van der Waals surface area contributed by atoms with E-state index in [2.05, 4.69) is 33.0 Å². The standard InChI is InChI=1S/C12H23F2NO/c1-8(2)7-16-10-5-9(12(10,3)4)15-6-11(13)14/h8-11,15H,5-7H2,1-4H3. The van der Waals surface area contributed by atoms with E-state index in [4.69, 9.17) is 4.74 Å². The number of rotatable bonds is 6. The first-order chi connectivity index (χ1) is 7.34. The minimum Gasteiger partial charge on any atom is -0.377 e. The molecule has 1 rings (SSSR count). The van der Waals surface area contributed by atoms with Crippen LogP contribution in [0.1, 0.15) is 34.1 Å². The number of ether oxygens (including phenoxy) is 1. The SMILES string of the molecule is CC(C)COC1CC(NCC(F)F)C1(C)C. The van der Waals surface area contributed by atoms with Gasteiger partial charge in [0.15, 0.2) is 0 Å². The largest absolute Gasteiger partial charge is 0.377 e. The summed E-state index contributed by atoms with van der Waals surface area (Å²) in [4.78, 5) is 0. The molecule has 0 aromatic rings. The normalized spacial score (nSPS) is 28.5. The van der Waals surface area contributed by atoms with Crippen LogP contribution in [0.5, 0.6) is 0 Å². The van der Waals surface area contributed by atoms with Crippen LogP contribution in [-0.4, -0.2) is 31.7 Å². The maximum absolute atomic E-state index is 12.1. The van der Waals surface area contributed by atoms with E-state index in [1.165, 1.54) is 0 Å². The molecule has 0 aromatic heterocycles. The summed E-state index contributed by atoms with van der Waals surface area (Å²) >= 11 is 0. The zero-order chi connectivity index (χ0) is 12.3. The average molecular weight is 235 g/mol. The van der Waals surface area contributed by atoms with E-state index >= 15 is 0 Å². The fraction of sp³-hybridized carbons (Fsp3) is 1.00. The Morgan fingerprint density at radius 1 is 1.38 bits per heavy atom. The Balaban J connectivity index is 2.29. The molecule has 1 aliphatic carbocycles. The number of alkyl halides is 2. The number of halogens is 2. The molecular weight excluding hydrogens is 212 g/mol. The number of hydrogen-bond acceptors (Lipinski definition) is 2. The second-order valence-electron chi connectivity index (χ2n) is 5.62. The number of nitrogens with one attached hydrogen (secondary N) is 1. The van der Waals surface area contributed by atoms with E-state index in [0.717, 1.165) is 13.0 Å². The predicted octanol–water partition coefficient (Wildman–Crippen LogP) is 2.68. The Hall–Kier alpha value is -0.220. The fourth-order valence-electron chi connectivity index (χ4n) is 2.05. The van der Waals surface area contributed by atoms with Crippen molar-refractivity contribution < 1.29 is 13.5 Å². The Labute approximate surface area is 96.7 Å². The lowest BCUT2D eigenvalue weighted by atomic mass is 9.64. The Bertz CT molecular complexity index is 199. The molecule has 0 spiro atoms.